The van der Waals surface area contributed by atoms with Crippen LogP contribution in [0.4, 0.5) is 0 Å². The number of nitrogens with one attached hydrogen (secondary N) is 1. The minimum absolute atomic E-state index is 0.165. The number of aromatic nitrogens is 4. The van der Waals surface area contributed by atoms with Crippen LogP contribution < -0.4 is 5.32 Å². The van der Waals surface area contributed by atoms with Gasteiger partial charge >= 0.3 is 0 Å². The number of hydrogen-bond donors (Lipinski definition) is 1. The van der Waals surface area contributed by atoms with Gasteiger partial charge in [0.15, 0.2) is 11.5 Å². The van der Waals surface area contributed by atoms with Crippen molar-refractivity contribution < 1.29 is 9.53 Å². The molecule has 9 heteroatoms. The Hall–Kier alpha value is -2.55. The zero-order valence-electron chi connectivity index (χ0n) is 17.4. The number of ether oxygens (including phenoxy) is 1. The lowest BCUT2D eigenvalue weighted by Crippen LogP contribution is -2.32. The van der Waals surface area contributed by atoms with Crippen molar-refractivity contribution in [2.75, 3.05) is 25.7 Å². The van der Waals surface area contributed by atoms with E-state index in [1.807, 2.05) is 63.9 Å². The van der Waals surface area contributed by atoms with Gasteiger partial charge in [-0.15, -0.1) is 10.2 Å². The van der Waals surface area contributed by atoms with Crippen LogP contribution in [0, 0.1) is 0 Å². The lowest BCUT2D eigenvalue weighted by Gasteiger charge is -2.18. The first kappa shape index (κ1) is 21.7. The Morgan fingerprint density at radius 2 is 2.13 bits per heavy atom. The molecular formula is C22H24ClN5O2S. The van der Waals surface area contributed by atoms with Crippen LogP contribution in [-0.4, -0.2) is 50.8 Å². The molecule has 0 fully saturated rings. The number of carbonyl (C=O) groups excluding carboxylic acids is 1. The average molecular weight is 458 g/mol. The fourth-order valence-electron chi connectivity index (χ4n) is 3.68. The Kier molecular flexibility index (Phi) is 6.80. The Balaban J connectivity index is 1.69. The largest absolute Gasteiger partial charge is 0.383 e. The van der Waals surface area contributed by atoms with Crippen LogP contribution in [0.15, 0.2) is 48.7 Å². The number of amides is 1. The van der Waals surface area contributed by atoms with Gasteiger partial charge in [-0.2, -0.15) is 11.8 Å². The van der Waals surface area contributed by atoms with E-state index in [0.29, 0.717) is 23.9 Å². The summed E-state index contributed by atoms with van der Waals surface area (Å²) in [6, 6.07) is 13.0. The molecule has 162 valence electrons. The number of halogens is 1. The van der Waals surface area contributed by atoms with Crippen molar-refractivity contribution in [1.29, 1.82) is 0 Å². The quantitative estimate of drug-likeness (QED) is 0.407. The summed E-state index contributed by atoms with van der Waals surface area (Å²) in [7, 11) is 1.65. The molecule has 0 spiro atoms. The van der Waals surface area contributed by atoms with Crippen molar-refractivity contribution >= 4 is 45.8 Å². The smallest absolute Gasteiger partial charge is 0.268 e. The van der Waals surface area contributed by atoms with E-state index >= 15 is 0 Å². The van der Waals surface area contributed by atoms with E-state index in [1.54, 1.807) is 18.9 Å². The maximum atomic E-state index is 13.4. The molecule has 31 heavy (non-hydrogen) atoms. The molecular weight excluding hydrogens is 434 g/mol. The van der Waals surface area contributed by atoms with Crippen molar-refractivity contribution in [2.24, 2.45) is 0 Å². The summed E-state index contributed by atoms with van der Waals surface area (Å²) >= 11 is 7.90. The number of hydrogen-bond acceptors (Lipinski definition) is 5. The van der Waals surface area contributed by atoms with Crippen LogP contribution in [-0.2, 0) is 11.3 Å². The Labute approximate surface area is 189 Å². The molecule has 7 nitrogen and oxygen atoms in total. The van der Waals surface area contributed by atoms with Crippen LogP contribution in [0.5, 0.6) is 0 Å². The summed E-state index contributed by atoms with van der Waals surface area (Å²) in [5.74, 6) is 1.44. The fourth-order valence-corrected chi connectivity index (χ4v) is 4.34. The molecule has 1 N–H and O–H groups in total. The molecule has 1 aromatic carbocycles. The molecule has 0 aliphatic heterocycles. The molecule has 0 bridgehead atoms. The van der Waals surface area contributed by atoms with Gasteiger partial charge in [0.1, 0.15) is 5.69 Å². The zero-order chi connectivity index (χ0) is 21.8. The van der Waals surface area contributed by atoms with Crippen LogP contribution in [0.2, 0.25) is 5.02 Å². The number of rotatable bonds is 9. The predicted octanol–water partition coefficient (Wildman–Crippen LogP) is 4.21. The SMILES string of the molecule is COCCn1c(C(=O)NC(CCSC)c2nnc3ccccn23)cc2cc(Cl)ccc21. The number of pyridine rings is 1. The molecule has 1 unspecified atom stereocenters. The number of nitrogens with zero attached hydrogens (tertiary/aromatic N) is 4. The van der Waals surface area contributed by atoms with E-state index in [2.05, 4.69) is 15.5 Å². The third-order valence-electron chi connectivity index (χ3n) is 5.18. The molecule has 3 heterocycles. The Morgan fingerprint density at radius 1 is 1.26 bits per heavy atom. The molecule has 1 atom stereocenters. The van der Waals surface area contributed by atoms with E-state index in [4.69, 9.17) is 16.3 Å². The second kappa shape index (κ2) is 9.72. The van der Waals surface area contributed by atoms with Gasteiger partial charge in [-0.1, -0.05) is 17.7 Å². The van der Waals surface area contributed by atoms with Crippen molar-refractivity contribution in [2.45, 2.75) is 19.0 Å². The van der Waals surface area contributed by atoms with Crippen LogP contribution in [0.3, 0.4) is 0 Å². The van der Waals surface area contributed by atoms with Gasteiger partial charge in [-0.05, 0) is 54.8 Å². The molecule has 0 radical (unpaired) electrons. The fraction of sp³-hybridized carbons (Fsp3) is 0.318. The second-order valence-electron chi connectivity index (χ2n) is 7.17. The average Bonchev–Trinajstić information content (AvgIpc) is 3.36. The molecule has 0 aliphatic carbocycles. The van der Waals surface area contributed by atoms with Gasteiger partial charge in [0.25, 0.3) is 5.91 Å². The number of methoxy groups -OCH3 is 1. The minimum atomic E-state index is -0.269. The minimum Gasteiger partial charge on any atom is -0.383 e. The molecule has 0 saturated heterocycles. The third kappa shape index (κ3) is 4.56. The summed E-state index contributed by atoms with van der Waals surface area (Å²) in [6.45, 7) is 1.06. The highest BCUT2D eigenvalue weighted by Gasteiger charge is 2.23. The van der Waals surface area contributed by atoms with E-state index in [0.717, 1.165) is 34.5 Å². The van der Waals surface area contributed by atoms with Gasteiger partial charge in [0, 0.05) is 35.8 Å². The number of fused-ring (bicyclic) bond motifs is 2. The van der Waals surface area contributed by atoms with Crippen molar-refractivity contribution in [3.8, 4) is 0 Å². The lowest BCUT2D eigenvalue weighted by atomic mass is 10.2. The number of carbonyl (C=O) groups is 1. The molecule has 1 amide bonds. The Bertz CT molecular complexity index is 1210. The lowest BCUT2D eigenvalue weighted by molar-refractivity contribution is 0.0922. The van der Waals surface area contributed by atoms with E-state index in [-0.39, 0.29) is 11.9 Å². The third-order valence-corrected chi connectivity index (χ3v) is 6.06. The highest BCUT2D eigenvalue weighted by atomic mass is 35.5. The molecule has 4 aromatic rings. The van der Waals surface area contributed by atoms with Crippen LogP contribution in [0.1, 0.15) is 28.8 Å². The summed E-state index contributed by atoms with van der Waals surface area (Å²) < 4.78 is 9.15. The monoisotopic (exact) mass is 457 g/mol. The first-order chi connectivity index (χ1) is 15.1. The highest BCUT2D eigenvalue weighted by Crippen LogP contribution is 2.25. The van der Waals surface area contributed by atoms with Gasteiger partial charge in [-0.25, -0.2) is 0 Å². The maximum absolute atomic E-state index is 13.4. The molecule has 4 rings (SSSR count). The molecule has 0 saturated carbocycles. The zero-order valence-corrected chi connectivity index (χ0v) is 19.0. The van der Waals surface area contributed by atoms with Crippen molar-refractivity contribution in [3.63, 3.8) is 0 Å². The first-order valence-corrected chi connectivity index (χ1v) is 11.8. The maximum Gasteiger partial charge on any atom is 0.268 e. The van der Waals surface area contributed by atoms with Gasteiger partial charge in [0.2, 0.25) is 0 Å². The normalized spacial score (nSPS) is 12.5. The number of thioether (sulfide) groups is 1. The second-order valence-corrected chi connectivity index (χ2v) is 8.59. The van der Waals surface area contributed by atoms with E-state index < -0.39 is 0 Å². The topological polar surface area (TPSA) is 73.4 Å². The summed E-state index contributed by atoms with van der Waals surface area (Å²) in [5.41, 5.74) is 2.27. The van der Waals surface area contributed by atoms with Crippen LogP contribution >= 0.6 is 23.4 Å². The van der Waals surface area contributed by atoms with E-state index in [9.17, 15) is 4.79 Å². The van der Waals surface area contributed by atoms with Gasteiger partial charge in [-0.3, -0.25) is 9.20 Å². The Morgan fingerprint density at radius 3 is 2.94 bits per heavy atom. The van der Waals surface area contributed by atoms with Gasteiger partial charge < -0.3 is 14.6 Å². The first-order valence-electron chi connectivity index (χ1n) is 9.99. The van der Waals surface area contributed by atoms with Crippen molar-refractivity contribution in [1.82, 2.24) is 24.5 Å². The highest BCUT2D eigenvalue weighted by molar-refractivity contribution is 7.98. The van der Waals surface area contributed by atoms with E-state index in [1.165, 1.54) is 0 Å². The molecule has 3 aromatic heterocycles. The molecule has 0 aliphatic rings. The van der Waals surface area contributed by atoms with Crippen LogP contribution in [0.25, 0.3) is 16.6 Å². The summed E-state index contributed by atoms with van der Waals surface area (Å²) in [4.78, 5) is 13.4. The standard InChI is InChI=1S/C22H24ClN5O2S/c1-30-11-10-27-18-7-6-16(23)13-15(18)14-19(27)22(29)24-17(8-12-31-2)21-26-25-20-5-3-4-9-28(20)21/h3-7,9,13-14,17H,8,10-12H2,1-2H3,(H,24,29). The summed E-state index contributed by atoms with van der Waals surface area (Å²) in [5, 5.41) is 13.4. The summed E-state index contributed by atoms with van der Waals surface area (Å²) in [6.07, 6.45) is 4.71. The van der Waals surface area contributed by atoms with Gasteiger partial charge in [0.05, 0.1) is 12.6 Å². The predicted molar refractivity (Wildman–Crippen MR) is 125 cm³/mol. The van der Waals surface area contributed by atoms with Crippen molar-refractivity contribution in [3.05, 3.63) is 65.2 Å². The number of benzene rings is 1.